The number of aliphatic hydroxyl groups is 1. The summed E-state index contributed by atoms with van der Waals surface area (Å²) < 4.78 is 24.1. The Bertz CT molecular complexity index is 671. The molecular weight excluding hydrogens is 306 g/mol. The summed E-state index contributed by atoms with van der Waals surface area (Å²) in [5, 5.41) is 29.6. The first-order valence-electron chi connectivity index (χ1n) is 5.67. The van der Waals surface area contributed by atoms with Crippen molar-refractivity contribution in [2.24, 2.45) is 0 Å². The van der Waals surface area contributed by atoms with Crippen molar-refractivity contribution >= 4 is 15.7 Å². The van der Waals surface area contributed by atoms with E-state index in [2.05, 4.69) is 0 Å². The lowest BCUT2D eigenvalue weighted by Gasteiger charge is -2.15. The molecule has 11 heteroatoms. The van der Waals surface area contributed by atoms with Gasteiger partial charge in [-0.3, -0.25) is 10.1 Å². The molecule has 10 nitrogen and oxygen atoms in total. The van der Waals surface area contributed by atoms with Gasteiger partial charge in [-0.2, -0.15) is 8.42 Å². The second-order valence-corrected chi connectivity index (χ2v) is 6.15. The average Bonchev–Trinajstić information content (AvgIpc) is 2.35. The summed E-state index contributed by atoms with van der Waals surface area (Å²) in [6.45, 7) is 1.83. The number of nitro benzene ring substituents is 1. The third-order valence-electron chi connectivity index (χ3n) is 2.56. The van der Waals surface area contributed by atoms with E-state index in [4.69, 9.17) is 5.11 Å². The Morgan fingerprint density at radius 2 is 1.90 bits per heavy atom. The predicted molar refractivity (Wildman–Crippen MR) is 70.4 cm³/mol. The van der Waals surface area contributed by atoms with Crippen molar-refractivity contribution in [3.8, 4) is 0 Å². The van der Waals surface area contributed by atoms with Gasteiger partial charge in [0.2, 0.25) is 0 Å². The number of benzene rings is 1. The fourth-order valence-corrected chi connectivity index (χ4v) is 2.88. The molecule has 0 saturated heterocycles. The van der Waals surface area contributed by atoms with E-state index in [0.29, 0.717) is 0 Å². The minimum atomic E-state index is -4.60. The van der Waals surface area contributed by atoms with Crippen molar-refractivity contribution in [2.75, 3.05) is 6.54 Å². The Kier molecular flexibility index (Phi) is 4.80. The number of rotatable bonds is 6. The number of sulfonamides is 1. The van der Waals surface area contributed by atoms with Crippen molar-refractivity contribution in [3.63, 3.8) is 0 Å². The fraction of sp³-hybridized carbons (Fsp3) is 0.400. The van der Waals surface area contributed by atoms with Gasteiger partial charge in [0.05, 0.1) is 15.9 Å². The second-order valence-electron chi connectivity index (χ2n) is 4.30. The Morgan fingerprint density at radius 1 is 1.33 bits per heavy atom. The topological polar surface area (TPSA) is 144 Å². The third kappa shape index (κ3) is 3.64. The van der Waals surface area contributed by atoms with Gasteiger partial charge in [0.15, 0.2) is 5.03 Å². The van der Waals surface area contributed by atoms with E-state index in [1.165, 1.54) is 19.9 Å². The van der Waals surface area contributed by atoms with Crippen LogP contribution in [0, 0.1) is 27.2 Å². The van der Waals surface area contributed by atoms with Crippen LogP contribution in [0.25, 0.3) is 0 Å². The summed E-state index contributed by atoms with van der Waals surface area (Å²) in [6.07, 6.45) is -1.27. The SMILES string of the molecule is Cc1ccc(S(=O)(=O)N(CC(C)O)[N+](=O)[O-])cc1[N+](=O)[O-]. The van der Waals surface area contributed by atoms with Gasteiger partial charge in [-0.25, -0.2) is 10.1 Å². The molecule has 0 spiro atoms. The summed E-state index contributed by atoms with van der Waals surface area (Å²) in [7, 11) is -4.60. The Hall–Kier alpha value is -2.27. The van der Waals surface area contributed by atoms with E-state index in [9.17, 15) is 28.6 Å². The molecule has 0 fully saturated rings. The van der Waals surface area contributed by atoms with E-state index in [1.807, 2.05) is 0 Å². The highest BCUT2D eigenvalue weighted by Crippen LogP contribution is 2.24. The van der Waals surface area contributed by atoms with Crippen molar-refractivity contribution < 1.29 is 23.5 Å². The second kappa shape index (κ2) is 6.01. The first kappa shape index (κ1) is 16.8. The Balaban J connectivity index is 3.38. The van der Waals surface area contributed by atoms with Crippen LogP contribution < -0.4 is 0 Å². The zero-order valence-corrected chi connectivity index (χ0v) is 12.0. The maximum Gasteiger partial charge on any atom is 0.313 e. The van der Waals surface area contributed by atoms with E-state index >= 15 is 0 Å². The normalized spacial score (nSPS) is 12.7. The van der Waals surface area contributed by atoms with E-state index in [0.717, 1.165) is 12.1 Å². The maximum absolute atomic E-state index is 12.1. The van der Waals surface area contributed by atoms with E-state index < -0.39 is 43.2 Å². The maximum atomic E-state index is 12.1. The highest BCUT2D eigenvalue weighted by atomic mass is 32.2. The van der Waals surface area contributed by atoms with Gasteiger partial charge in [-0.15, -0.1) is 0 Å². The fourth-order valence-electron chi connectivity index (χ4n) is 1.55. The molecule has 21 heavy (non-hydrogen) atoms. The standard InChI is InChI=1S/C10H13N3O7S/c1-7-3-4-9(5-10(7)12(15)16)21(19,20)11(13(17)18)6-8(2)14/h3-5,8,14H,6H2,1-2H3. The largest absolute Gasteiger partial charge is 0.391 e. The highest BCUT2D eigenvalue weighted by molar-refractivity contribution is 7.89. The molecule has 1 rings (SSSR count). The summed E-state index contributed by atoms with van der Waals surface area (Å²) in [4.78, 5) is 20.3. The monoisotopic (exact) mass is 319 g/mol. The Labute approximate surface area is 119 Å². The third-order valence-corrected chi connectivity index (χ3v) is 4.24. The molecule has 0 heterocycles. The number of aliphatic hydroxyl groups excluding tert-OH is 1. The number of nitrogens with zero attached hydrogens (tertiary/aromatic N) is 3. The molecule has 0 amide bonds. The molecule has 1 unspecified atom stereocenters. The van der Waals surface area contributed by atoms with Gasteiger partial charge >= 0.3 is 10.0 Å². The molecule has 0 aliphatic rings. The number of hydrogen-bond donors (Lipinski definition) is 1. The molecule has 1 aromatic rings. The molecular formula is C10H13N3O7S. The van der Waals surface area contributed by atoms with Crippen LogP contribution in [0.1, 0.15) is 12.5 Å². The lowest BCUT2D eigenvalue weighted by atomic mass is 10.2. The predicted octanol–water partition coefficient (Wildman–Crippen LogP) is 0.466. The van der Waals surface area contributed by atoms with Crippen LogP contribution in [-0.2, 0) is 10.0 Å². The van der Waals surface area contributed by atoms with Gasteiger partial charge in [-0.05, 0) is 24.3 Å². The quantitative estimate of drug-likeness (QED) is 0.592. The van der Waals surface area contributed by atoms with E-state index in [-0.39, 0.29) is 9.98 Å². The number of hydrogen-bond acceptors (Lipinski definition) is 7. The molecule has 0 saturated carbocycles. The molecule has 0 bridgehead atoms. The molecule has 1 atom stereocenters. The van der Waals surface area contributed by atoms with Crippen molar-refractivity contribution in [1.29, 1.82) is 0 Å². The van der Waals surface area contributed by atoms with E-state index in [1.54, 1.807) is 0 Å². The first-order chi connectivity index (χ1) is 9.57. The molecule has 116 valence electrons. The molecule has 0 aromatic heterocycles. The van der Waals surface area contributed by atoms with Crippen LogP contribution in [0.15, 0.2) is 23.1 Å². The van der Waals surface area contributed by atoms with Crippen LogP contribution >= 0.6 is 0 Å². The first-order valence-corrected chi connectivity index (χ1v) is 7.11. The average molecular weight is 319 g/mol. The van der Waals surface area contributed by atoms with Crippen LogP contribution in [0.3, 0.4) is 0 Å². The minimum Gasteiger partial charge on any atom is -0.391 e. The van der Waals surface area contributed by atoms with Gasteiger partial charge in [0, 0.05) is 11.6 Å². The van der Waals surface area contributed by atoms with Crippen LogP contribution in [0.4, 0.5) is 5.69 Å². The number of hydrazine groups is 1. The Morgan fingerprint density at radius 3 is 2.33 bits per heavy atom. The number of nitro groups is 2. The molecule has 0 aliphatic carbocycles. The molecule has 1 aromatic carbocycles. The summed E-state index contributed by atoms with van der Waals surface area (Å²) in [5.74, 6) is 0. The summed E-state index contributed by atoms with van der Waals surface area (Å²) in [5.41, 5.74) is -0.237. The molecule has 1 N–H and O–H groups in total. The zero-order chi connectivity index (χ0) is 16.4. The lowest BCUT2D eigenvalue weighted by molar-refractivity contribution is -0.621. The van der Waals surface area contributed by atoms with Crippen LogP contribution in [-0.4, -0.2) is 40.5 Å². The van der Waals surface area contributed by atoms with Gasteiger partial charge in [0.1, 0.15) is 6.54 Å². The van der Waals surface area contributed by atoms with Crippen LogP contribution in [0.5, 0.6) is 0 Å². The van der Waals surface area contributed by atoms with Crippen molar-refractivity contribution in [2.45, 2.75) is 24.8 Å². The van der Waals surface area contributed by atoms with Gasteiger partial charge in [0.25, 0.3) is 5.69 Å². The molecule has 0 radical (unpaired) electrons. The smallest absolute Gasteiger partial charge is 0.313 e. The van der Waals surface area contributed by atoms with Crippen molar-refractivity contribution in [3.05, 3.63) is 44.0 Å². The summed E-state index contributed by atoms with van der Waals surface area (Å²) in [6, 6.07) is 2.98. The minimum absolute atomic E-state index is 0.147. The molecule has 0 aliphatic heterocycles. The van der Waals surface area contributed by atoms with Gasteiger partial charge < -0.3 is 5.11 Å². The highest BCUT2D eigenvalue weighted by Gasteiger charge is 2.35. The zero-order valence-electron chi connectivity index (χ0n) is 11.2. The lowest BCUT2D eigenvalue weighted by Crippen LogP contribution is -2.40. The summed E-state index contributed by atoms with van der Waals surface area (Å²) >= 11 is 0. The van der Waals surface area contributed by atoms with Crippen molar-refractivity contribution in [1.82, 2.24) is 4.41 Å². The van der Waals surface area contributed by atoms with Crippen LogP contribution in [0.2, 0.25) is 0 Å². The van der Waals surface area contributed by atoms with Gasteiger partial charge in [-0.1, -0.05) is 6.07 Å². The number of aryl methyl sites for hydroxylation is 1.